The minimum absolute atomic E-state index is 0.0206. The summed E-state index contributed by atoms with van der Waals surface area (Å²) in [5.41, 5.74) is 0.632. The number of hydrogen-bond acceptors (Lipinski definition) is 6. The summed E-state index contributed by atoms with van der Waals surface area (Å²) in [4.78, 5) is 47.2. The van der Waals surface area contributed by atoms with Crippen LogP contribution in [-0.4, -0.2) is 86.4 Å². The second-order valence-corrected chi connectivity index (χ2v) is 11.2. The van der Waals surface area contributed by atoms with Crippen LogP contribution in [0.1, 0.15) is 39.3 Å². The molecule has 0 spiro atoms. The lowest BCUT2D eigenvalue weighted by molar-refractivity contribution is -0.139. The van der Waals surface area contributed by atoms with E-state index in [0.717, 1.165) is 21.3 Å². The molecule has 0 unspecified atom stereocenters. The summed E-state index contributed by atoms with van der Waals surface area (Å²) in [7, 11) is 3.97. The second-order valence-electron chi connectivity index (χ2n) is 10.3. The maximum atomic E-state index is 14.1. The molecule has 8 nitrogen and oxygen atoms in total. The lowest BCUT2D eigenvalue weighted by Crippen LogP contribution is -2.63. The van der Waals surface area contributed by atoms with E-state index < -0.39 is 5.54 Å². The Bertz CT molecular complexity index is 1320. The van der Waals surface area contributed by atoms with Gasteiger partial charge in [0.1, 0.15) is 5.54 Å². The van der Waals surface area contributed by atoms with Crippen LogP contribution in [0.4, 0.5) is 5.69 Å². The summed E-state index contributed by atoms with van der Waals surface area (Å²) in [5, 5.41) is 10.3. The van der Waals surface area contributed by atoms with Crippen molar-refractivity contribution in [3.05, 3.63) is 64.4 Å². The van der Waals surface area contributed by atoms with E-state index in [2.05, 4.69) is 10.6 Å². The molecule has 5 rings (SSSR count). The van der Waals surface area contributed by atoms with Crippen molar-refractivity contribution in [2.24, 2.45) is 0 Å². The van der Waals surface area contributed by atoms with Gasteiger partial charge in [-0.15, -0.1) is 11.3 Å². The molecule has 2 fully saturated rings. The van der Waals surface area contributed by atoms with Gasteiger partial charge in [-0.3, -0.25) is 14.4 Å². The van der Waals surface area contributed by atoms with Crippen molar-refractivity contribution in [1.29, 1.82) is 0 Å². The average Bonchev–Trinajstić information content (AvgIpc) is 3.36. The molecule has 2 saturated heterocycles. The van der Waals surface area contributed by atoms with Gasteiger partial charge in [0, 0.05) is 56.9 Å². The zero-order valence-corrected chi connectivity index (χ0v) is 22.9. The first kappa shape index (κ1) is 26.2. The zero-order chi connectivity index (χ0) is 26.7. The molecule has 2 aromatic carbocycles. The summed E-state index contributed by atoms with van der Waals surface area (Å²) >= 11 is 1.44. The van der Waals surface area contributed by atoms with Gasteiger partial charge in [-0.05, 0) is 61.3 Å². The summed E-state index contributed by atoms with van der Waals surface area (Å²) in [6, 6.07) is 15.4. The maximum absolute atomic E-state index is 14.1. The molecule has 1 aromatic heterocycles. The summed E-state index contributed by atoms with van der Waals surface area (Å²) < 4.78 is 0. The van der Waals surface area contributed by atoms with Crippen molar-refractivity contribution < 1.29 is 14.4 Å². The Labute approximate surface area is 227 Å². The molecule has 0 radical (unpaired) electrons. The SMILES string of the molecule is CN(C)c1ccc(C(=O)NC2(C(=O)N3CCCN(C(=O)c4cccs4)CC3)CCNCC2)c2ccccc12. The molecule has 3 heterocycles. The Morgan fingerprint density at radius 3 is 2.32 bits per heavy atom. The molecule has 2 N–H and O–H groups in total. The molecule has 9 heteroatoms. The number of nitrogens with zero attached hydrogens (tertiary/aromatic N) is 3. The number of anilines is 1. The van der Waals surface area contributed by atoms with Crippen molar-refractivity contribution in [3.8, 4) is 0 Å². The Kier molecular flexibility index (Phi) is 7.67. The van der Waals surface area contributed by atoms with E-state index in [9.17, 15) is 14.4 Å². The predicted octanol–water partition coefficient (Wildman–Crippen LogP) is 3.19. The topological polar surface area (TPSA) is 85.0 Å². The summed E-state index contributed by atoms with van der Waals surface area (Å²) in [5.74, 6) is -0.259. The van der Waals surface area contributed by atoms with Gasteiger partial charge in [-0.1, -0.05) is 30.3 Å². The van der Waals surface area contributed by atoms with Crippen LogP contribution in [0.25, 0.3) is 10.8 Å². The highest BCUT2D eigenvalue weighted by Crippen LogP contribution is 2.30. The van der Waals surface area contributed by atoms with Gasteiger partial charge in [0.15, 0.2) is 0 Å². The third kappa shape index (κ3) is 5.13. The van der Waals surface area contributed by atoms with Crippen molar-refractivity contribution in [1.82, 2.24) is 20.4 Å². The largest absolute Gasteiger partial charge is 0.377 e. The lowest BCUT2D eigenvalue weighted by Gasteiger charge is -2.40. The monoisotopic (exact) mass is 533 g/mol. The number of fused-ring (bicyclic) bond motifs is 1. The minimum atomic E-state index is -0.976. The molecule has 0 bridgehead atoms. The average molecular weight is 534 g/mol. The fourth-order valence-electron chi connectivity index (χ4n) is 5.58. The number of carbonyl (C=O) groups is 3. The van der Waals surface area contributed by atoms with Crippen molar-refractivity contribution in [2.75, 3.05) is 58.3 Å². The van der Waals surface area contributed by atoms with Crippen LogP contribution in [-0.2, 0) is 4.79 Å². The first-order valence-corrected chi connectivity index (χ1v) is 14.1. The molecule has 3 aromatic rings. The molecule has 200 valence electrons. The van der Waals surface area contributed by atoms with E-state index in [1.807, 2.05) is 82.7 Å². The Morgan fingerprint density at radius 1 is 0.895 bits per heavy atom. The number of hydrogen-bond donors (Lipinski definition) is 2. The highest BCUT2D eigenvalue weighted by Gasteiger charge is 2.44. The first-order valence-electron chi connectivity index (χ1n) is 13.2. The maximum Gasteiger partial charge on any atom is 0.263 e. The normalized spacial score (nSPS) is 17.6. The van der Waals surface area contributed by atoms with Gasteiger partial charge in [0.05, 0.1) is 4.88 Å². The predicted molar refractivity (Wildman–Crippen MR) is 152 cm³/mol. The van der Waals surface area contributed by atoms with Gasteiger partial charge >= 0.3 is 0 Å². The molecule has 2 aliphatic rings. The molecule has 38 heavy (non-hydrogen) atoms. The molecule has 0 saturated carbocycles. The number of amides is 3. The van der Waals surface area contributed by atoms with E-state index in [1.54, 1.807) is 0 Å². The number of nitrogens with one attached hydrogen (secondary N) is 2. The van der Waals surface area contributed by atoms with Crippen LogP contribution in [0.15, 0.2) is 53.9 Å². The molecule has 3 amide bonds. The van der Waals surface area contributed by atoms with Crippen LogP contribution >= 0.6 is 11.3 Å². The number of rotatable bonds is 5. The van der Waals surface area contributed by atoms with Crippen LogP contribution in [0.5, 0.6) is 0 Å². The fraction of sp³-hybridized carbons (Fsp3) is 0.414. The van der Waals surface area contributed by atoms with Crippen LogP contribution in [0, 0.1) is 0 Å². The third-order valence-electron chi connectivity index (χ3n) is 7.65. The third-order valence-corrected chi connectivity index (χ3v) is 8.51. The Morgan fingerprint density at radius 2 is 1.61 bits per heavy atom. The van der Waals surface area contributed by atoms with E-state index in [1.165, 1.54) is 11.3 Å². The van der Waals surface area contributed by atoms with Gasteiger partial charge in [0.25, 0.3) is 11.8 Å². The molecule has 0 atom stereocenters. The van der Waals surface area contributed by atoms with Crippen LogP contribution < -0.4 is 15.5 Å². The van der Waals surface area contributed by atoms with E-state index in [-0.39, 0.29) is 17.7 Å². The molecule has 2 aliphatic heterocycles. The highest BCUT2D eigenvalue weighted by molar-refractivity contribution is 7.12. The van der Waals surface area contributed by atoms with Gasteiger partial charge in [-0.25, -0.2) is 0 Å². The molecular formula is C29H35N5O3S. The van der Waals surface area contributed by atoms with Crippen LogP contribution in [0.3, 0.4) is 0 Å². The fourth-order valence-corrected chi connectivity index (χ4v) is 6.27. The smallest absolute Gasteiger partial charge is 0.263 e. The van der Waals surface area contributed by atoms with Gasteiger partial charge in [-0.2, -0.15) is 0 Å². The van der Waals surface area contributed by atoms with Gasteiger partial charge in [0.2, 0.25) is 5.91 Å². The van der Waals surface area contributed by atoms with E-state index >= 15 is 0 Å². The second kappa shape index (κ2) is 11.1. The number of benzene rings is 2. The lowest BCUT2D eigenvalue weighted by atomic mass is 9.85. The van der Waals surface area contributed by atoms with Crippen molar-refractivity contribution in [3.63, 3.8) is 0 Å². The summed E-state index contributed by atoms with van der Waals surface area (Å²) in [6.45, 7) is 3.44. The zero-order valence-electron chi connectivity index (χ0n) is 22.0. The minimum Gasteiger partial charge on any atom is -0.377 e. The summed E-state index contributed by atoms with van der Waals surface area (Å²) in [6.07, 6.45) is 1.76. The van der Waals surface area contributed by atoms with Crippen LogP contribution in [0.2, 0.25) is 0 Å². The number of thiophene rings is 1. The number of carbonyl (C=O) groups excluding carboxylic acids is 3. The number of piperidine rings is 1. The Hall–Kier alpha value is -3.43. The van der Waals surface area contributed by atoms with Crippen molar-refractivity contribution >= 4 is 45.5 Å². The van der Waals surface area contributed by atoms with Crippen molar-refractivity contribution in [2.45, 2.75) is 24.8 Å². The standard InChI is InChI=1S/C29H35N5O3S/c1-32(2)24-11-10-23(21-7-3-4-8-22(21)24)26(35)31-29(12-14-30-15-13-29)28(37)34-17-6-16-33(18-19-34)27(36)25-9-5-20-38-25/h3-5,7-11,20,30H,6,12-19H2,1-2H3,(H,31,35). The quantitative estimate of drug-likeness (QED) is 0.526. The molecular weight excluding hydrogens is 498 g/mol. The highest BCUT2D eigenvalue weighted by atomic mass is 32.1. The Balaban J connectivity index is 1.37. The first-order chi connectivity index (χ1) is 18.4. The molecule has 0 aliphatic carbocycles. The van der Waals surface area contributed by atoms with Gasteiger partial charge < -0.3 is 25.3 Å². The van der Waals surface area contributed by atoms with E-state index in [4.69, 9.17) is 0 Å². The van der Waals surface area contributed by atoms with E-state index in [0.29, 0.717) is 64.1 Å².